The smallest absolute Gasteiger partial charge is 0.404 e. The van der Waals surface area contributed by atoms with Gasteiger partial charge in [-0.1, -0.05) is 19.4 Å². The monoisotopic (exact) mass is 380 g/mol. The van der Waals surface area contributed by atoms with Crippen LogP contribution in [0.15, 0.2) is 30.3 Å². The van der Waals surface area contributed by atoms with E-state index in [0.717, 1.165) is 49.4 Å². The number of hydrogen-bond acceptors (Lipinski definition) is 6. The largest absolute Gasteiger partial charge is 0.465 e. The van der Waals surface area contributed by atoms with Crippen LogP contribution in [-0.4, -0.2) is 40.3 Å². The average Bonchev–Trinajstić information content (AvgIpc) is 3.14. The summed E-state index contributed by atoms with van der Waals surface area (Å²) in [7, 11) is 0. The predicted molar refractivity (Wildman–Crippen MR) is 107 cm³/mol. The second-order valence-corrected chi connectivity index (χ2v) is 6.84. The lowest BCUT2D eigenvalue weighted by atomic mass is 10.2. The Hall–Kier alpha value is -3.34. The number of aromatic nitrogens is 2. The molecule has 1 aromatic carbocycles. The molecule has 1 aromatic heterocycles. The summed E-state index contributed by atoms with van der Waals surface area (Å²) < 4.78 is 0. The molecule has 3 rings (SSSR count). The summed E-state index contributed by atoms with van der Waals surface area (Å²) in [6, 6.07) is 11.2. The molecule has 2 aromatic rings. The van der Waals surface area contributed by atoms with Crippen LogP contribution in [0, 0.1) is 11.3 Å². The molecule has 8 heteroatoms. The molecule has 8 nitrogen and oxygen atoms in total. The van der Waals surface area contributed by atoms with Crippen LogP contribution >= 0.6 is 0 Å². The van der Waals surface area contributed by atoms with E-state index in [-0.39, 0.29) is 6.04 Å². The Balaban J connectivity index is 1.82. The van der Waals surface area contributed by atoms with Gasteiger partial charge in [-0.2, -0.15) is 10.2 Å². The van der Waals surface area contributed by atoms with Gasteiger partial charge in [0, 0.05) is 30.5 Å². The number of nitrogens with zero attached hydrogens (tertiary/aromatic N) is 4. The lowest BCUT2D eigenvalue weighted by Crippen LogP contribution is -2.36. The Labute approximate surface area is 164 Å². The van der Waals surface area contributed by atoms with E-state index in [0.29, 0.717) is 18.1 Å². The maximum Gasteiger partial charge on any atom is 0.404 e. The molecular formula is C20H24N6O2. The molecule has 0 bridgehead atoms. The molecule has 28 heavy (non-hydrogen) atoms. The average molecular weight is 380 g/mol. The fourth-order valence-electron chi connectivity index (χ4n) is 3.24. The number of aryl methyl sites for hydroxylation is 1. The van der Waals surface area contributed by atoms with E-state index in [2.05, 4.69) is 38.5 Å². The number of anilines is 3. The minimum atomic E-state index is -1.00. The van der Waals surface area contributed by atoms with Crippen LogP contribution in [0.3, 0.4) is 0 Å². The van der Waals surface area contributed by atoms with E-state index in [1.54, 1.807) is 12.1 Å². The van der Waals surface area contributed by atoms with Gasteiger partial charge in [0.1, 0.15) is 5.82 Å². The van der Waals surface area contributed by atoms with Crippen LogP contribution in [0.1, 0.15) is 37.4 Å². The number of hydrogen-bond donors (Lipinski definition) is 3. The number of amides is 1. The third-order valence-corrected chi connectivity index (χ3v) is 4.64. The zero-order valence-corrected chi connectivity index (χ0v) is 15.9. The maximum atomic E-state index is 10.9. The van der Waals surface area contributed by atoms with Gasteiger partial charge >= 0.3 is 6.09 Å². The Morgan fingerprint density at radius 2 is 2.25 bits per heavy atom. The minimum Gasteiger partial charge on any atom is -0.465 e. The highest BCUT2D eigenvalue weighted by Gasteiger charge is 2.25. The Bertz CT molecular complexity index is 879. The molecule has 1 saturated heterocycles. The third-order valence-electron chi connectivity index (χ3n) is 4.64. The summed E-state index contributed by atoms with van der Waals surface area (Å²) in [5.74, 6) is 1.27. The molecule has 1 fully saturated rings. The summed E-state index contributed by atoms with van der Waals surface area (Å²) in [6.07, 6.45) is 2.69. The van der Waals surface area contributed by atoms with E-state index in [4.69, 9.17) is 10.4 Å². The number of carbonyl (C=O) groups is 1. The van der Waals surface area contributed by atoms with Gasteiger partial charge in [0.25, 0.3) is 0 Å². The molecule has 1 aliphatic rings. The molecule has 146 valence electrons. The molecule has 0 spiro atoms. The van der Waals surface area contributed by atoms with E-state index >= 15 is 0 Å². The molecule has 1 amide bonds. The highest BCUT2D eigenvalue weighted by molar-refractivity contribution is 5.65. The van der Waals surface area contributed by atoms with Gasteiger partial charge in [0.05, 0.1) is 17.7 Å². The summed E-state index contributed by atoms with van der Waals surface area (Å²) in [4.78, 5) is 22.2. The summed E-state index contributed by atoms with van der Waals surface area (Å²) in [5, 5.41) is 23.8. The van der Waals surface area contributed by atoms with Crippen molar-refractivity contribution in [3.63, 3.8) is 0 Å². The van der Waals surface area contributed by atoms with Crippen molar-refractivity contribution in [2.45, 2.75) is 38.6 Å². The summed E-state index contributed by atoms with van der Waals surface area (Å²) in [5.41, 5.74) is 2.26. The molecule has 3 N–H and O–H groups in total. The normalized spacial score (nSPS) is 15.9. The second kappa shape index (κ2) is 9.04. The lowest BCUT2D eigenvalue weighted by Gasteiger charge is -2.19. The van der Waals surface area contributed by atoms with Crippen LogP contribution in [0.25, 0.3) is 0 Å². The van der Waals surface area contributed by atoms with Crippen molar-refractivity contribution >= 4 is 23.5 Å². The van der Waals surface area contributed by atoms with Gasteiger partial charge in [-0.25, -0.2) is 9.78 Å². The van der Waals surface area contributed by atoms with Crippen LogP contribution < -0.4 is 15.5 Å². The molecule has 0 saturated carbocycles. The minimum absolute atomic E-state index is 0.102. The molecule has 0 aliphatic carbocycles. The number of benzene rings is 1. The number of carboxylic acid groups (broad SMARTS) is 1. The van der Waals surface area contributed by atoms with Crippen molar-refractivity contribution in [3.05, 3.63) is 41.6 Å². The Morgan fingerprint density at radius 3 is 3.00 bits per heavy atom. The highest BCUT2D eigenvalue weighted by atomic mass is 16.4. The topological polar surface area (TPSA) is 114 Å². The Kier molecular flexibility index (Phi) is 6.27. The van der Waals surface area contributed by atoms with Crippen LogP contribution in [0.4, 0.5) is 22.2 Å². The zero-order chi connectivity index (χ0) is 19.9. The first-order valence-electron chi connectivity index (χ1n) is 9.47. The summed E-state index contributed by atoms with van der Waals surface area (Å²) in [6.45, 7) is 3.45. The molecule has 0 radical (unpaired) electrons. The van der Waals surface area contributed by atoms with E-state index in [1.807, 2.05) is 18.2 Å². The third kappa shape index (κ3) is 5.10. The van der Waals surface area contributed by atoms with Crippen LogP contribution in [0.2, 0.25) is 0 Å². The first-order chi connectivity index (χ1) is 13.6. The molecule has 1 aliphatic heterocycles. The first-order valence-corrected chi connectivity index (χ1v) is 9.47. The van der Waals surface area contributed by atoms with Crippen molar-refractivity contribution in [1.82, 2.24) is 15.3 Å². The lowest BCUT2D eigenvalue weighted by molar-refractivity contribution is 0.191. The Morgan fingerprint density at radius 1 is 1.39 bits per heavy atom. The van der Waals surface area contributed by atoms with Gasteiger partial charge < -0.3 is 20.6 Å². The SMILES string of the molecule is CCCCc1cc(N2CC[C@H](NC(=O)O)C2)nc(Nc2cccc(C#N)c2)n1. The standard InChI is InChI=1S/C20H24N6O2/c1-2-3-6-16-11-18(26-9-8-17(13-26)24-20(27)28)25-19(23-16)22-15-7-4-5-14(10-15)12-21/h4-5,7,10-11,17,24H,2-3,6,8-9,13H2,1H3,(H,27,28)(H,22,23,25)/t17-/m0/s1. The van der Waals surface area contributed by atoms with Gasteiger partial charge in [0.15, 0.2) is 0 Å². The van der Waals surface area contributed by atoms with Gasteiger partial charge in [-0.3, -0.25) is 0 Å². The number of nitriles is 1. The van der Waals surface area contributed by atoms with E-state index in [9.17, 15) is 4.79 Å². The van der Waals surface area contributed by atoms with Gasteiger partial charge in [0.2, 0.25) is 5.95 Å². The fraction of sp³-hybridized carbons (Fsp3) is 0.400. The van der Waals surface area contributed by atoms with Crippen molar-refractivity contribution in [3.8, 4) is 6.07 Å². The number of nitrogens with one attached hydrogen (secondary N) is 2. The fourth-order valence-corrected chi connectivity index (χ4v) is 3.24. The molecule has 2 heterocycles. The second-order valence-electron chi connectivity index (χ2n) is 6.84. The van der Waals surface area contributed by atoms with Gasteiger partial charge in [-0.15, -0.1) is 0 Å². The quantitative estimate of drug-likeness (QED) is 0.675. The van der Waals surface area contributed by atoms with Crippen molar-refractivity contribution in [2.75, 3.05) is 23.3 Å². The van der Waals surface area contributed by atoms with Gasteiger partial charge in [-0.05, 0) is 37.5 Å². The van der Waals surface area contributed by atoms with Crippen molar-refractivity contribution < 1.29 is 9.90 Å². The molecule has 1 atom stereocenters. The zero-order valence-electron chi connectivity index (χ0n) is 15.9. The number of rotatable bonds is 7. The molecular weight excluding hydrogens is 356 g/mol. The highest BCUT2D eigenvalue weighted by Crippen LogP contribution is 2.23. The van der Waals surface area contributed by atoms with Crippen LogP contribution in [-0.2, 0) is 6.42 Å². The van der Waals surface area contributed by atoms with Crippen molar-refractivity contribution in [1.29, 1.82) is 5.26 Å². The first kappa shape index (κ1) is 19.4. The number of unbranched alkanes of at least 4 members (excludes halogenated alkanes) is 1. The predicted octanol–water partition coefficient (Wildman–Crippen LogP) is 3.28. The van der Waals surface area contributed by atoms with E-state index in [1.165, 1.54) is 0 Å². The van der Waals surface area contributed by atoms with E-state index < -0.39 is 6.09 Å². The van der Waals surface area contributed by atoms with Crippen LogP contribution in [0.5, 0.6) is 0 Å². The maximum absolute atomic E-state index is 10.9. The molecule has 0 unspecified atom stereocenters. The summed E-state index contributed by atoms with van der Waals surface area (Å²) >= 11 is 0. The van der Waals surface area contributed by atoms with Crippen molar-refractivity contribution in [2.24, 2.45) is 0 Å².